The minimum absolute atomic E-state index is 0.912. The highest BCUT2D eigenvalue weighted by molar-refractivity contribution is 4.94. The number of hydrogen-bond donors (Lipinski definition) is 0. The lowest BCUT2D eigenvalue weighted by Crippen LogP contribution is -2.39. The van der Waals surface area contributed by atoms with Crippen LogP contribution in [0.2, 0.25) is 0 Å². The van der Waals surface area contributed by atoms with Crippen molar-refractivity contribution < 1.29 is 0 Å². The van der Waals surface area contributed by atoms with Crippen LogP contribution in [0.1, 0.15) is 239 Å². The molecule has 8 fully saturated rings. The lowest BCUT2D eigenvalue weighted by Gasteiger charge is -2.48. The summed E-state index contributed by atoms with van der Waals surface area (Å²) in [6, 6.07) is 0. The normalized spacial score (nSPS) is 46.6. The van der Waals surface area contributed by atoms with Crippen LogP contribution in [0.3, 0.4) is 0 Å². The van der Waals surface area contributed by atoms with E-state index in [0.717, 1.165) is 142 Å². The topological polar surface area (TPSA) is 0 Å². The van der Waals surface area contributed by atoms with Crippen molar-refractivity contribution >= 4 is 0 Å². The molecule has 8 saturated carbocycles. The standard InChI is InChI=1S/4C15H28/c4*1-10(2)13-8-6-12(4)14-7-5-11(3)9-15(13)14/h4*10-15H,5-9H2,1-4H3/t11-,12+,13+,14+,15-;11-,12+,13-,14-,15+;11-,12-,13+,14+,15-;11-,12-,13-,14-,15+/m1010/s1. The van der Waals surface area contributed by atoms with E-state index in [9.17, 15) is 0 Å². The molecule has 0 radical (unpaired) electrons. The first kappa shape index (κ1) is 51.0. The van der Waals surface area contributed by atoms with Crippen molar-refractivity contribution in [2.24, 2.45) is 142 Å². The summed E-state index contributed by atoms with van der Waals surface area (Å²) < 4.78 is 0. The second-order valence-corrected chi connectivity index (χ2v) is 26.8. The first-order valence-electron chi connectivity index (χ1n) is 28.4. The maximum absolute atomic E-state index is 2.50. The van der Waals surface area contributed by atoms with Crippen LogP contribution in [0.25, 0.3) is 0 Å². The van der Waals surface area contributed by atoms with Gasteiger partial charge in [-0.15, -0.1) is 0 Å². The molecule has 8 aliphatic carbocycles. The van der Waals surface area contributed by atoms with E-state index in [0.29, 0.717) is 0 Å². The van der Waals surface area contributed by atoms with Gasteiger partial charge in [0.25, 0.3) is 0 Å². The largest absolute Gasteiger partial charge is 0.0625 e. The monoisotopic (exact) mass is 833 g/mol. The Hall–Kier alpha value is 0. The zero-order valence-corrected chi connectivity index (χ0v) is 44.0. The zero-order valence-electron chi connectivity index (χ0n) is 44.0. The van der Waals surface area contributed by atoms with Gasteiger partial charge in [0.05, 0.1) is 0 Å². The Morgan fingerprint density at radius 2 is 0.400 bits per heavy atom. The predicted octanol–water partition coefficient (Wildman–Crippen LogP) is 19.0. The molecule has 8 aliphatic rings. The Morgan fingerprint density at radius 1 is 0.217 bits per heavy atom. The van der Waals surface area contributed by atoms with Crippen molar-refractivity contribution in [3.05, 3.63) is 0 Å². The molecule has 0 spiro atoms. The van der Waals surface area contributed by atoms with Crippen LogP contribution in [-0.4, -0.2) is 0 Å². The van der Waals surface area contributed by atoms with Gasteiger partial charge in [-0.3, -0.25) is 0 Å². The molecule has 20 atom stereocenters. The van der Waals surface area contributed by atoms with Crippen LogP contribution in [0.5, 0.6) is 0 Å². The summed E-state index contributed by atoms with van der Waals surface area (Å²) in [5.41, 5.74) is 0. The van der Waals surface area contributed by atoms with Gasteiger partial charge in [0.15, 0.2) is 0 Å². The fraction of sp³-hybridized carbons (Fsp3) is 1.00. The predicted molar refractivity (Wildman–Crippen MR) is 267 cm³/mol. The molecule has 0 aromatic heterocycles. The summed E-state index contributed by atoms with van der Waals surface area (Å²) in [5, 5.41) is 0. The Labute approximate surface area is 379 Å². The highest BCUT2D eigenvalue weighted by Gasteiger charge is 2.44. The fourth-order valence-corrected chi connectivity index (χ4v) is 17.4. The van der Waals surface area contributed by atoms with Gasteiger partial charge < -0.3 is 0 Å². The van der Waals surface area contributed by atoms with Crippen LogP contribution in [0, 0.1) is 142 Å². The van der Waals surface area contributed by atoms with Gasteiger partial charge in [-0.05, 0) is 219 Å². The third kappa shape index (κ3) is 13.1. The summed E-state index contributed by atoms with van der Waals surface area (Å²) in [4.78, 5) is 0. The van der Waals surface area contributed by atoms with E-state index >= 15 is 0 Å². The molecule has 0 saturated heterocycles. The average molecular weight is 834 g/mol. The van der Waals surface area contributed by atoms with Gasteiger partial charge in [-0.2, -0.15) is 0 Å². The molecule has 8 rings (SSSR count). The summed E-state index contributed by atoms with van der Waals surface area (Å²) in [7, 11) is 0. The van der Waals surface area contributed by atoms with Crippen LogP contribution >= 0.6 is 0 Å². The van der Waals surface area contributed by atoms with Crippen molar-refractivity contribution in [2.75, 3.05) is 0 Å². The van der Waals surface area contributed by atoms with E-state index in [1.165, 1.54) is 128 Å². The van der Waals surface area contributed by atoms with Crippen molar-refractivity contribution in [3.63, 3.8) is 0 Å². The smallest absolute Gasteiger partial charge is 0.0350 e. The van der Waals surface area contributed by atoms with Crippen molar-refractivity contribution in [1.29, 1.82) is 0 Å². The molecule has 60 heavy (non-hydrogen) atoms. The molecule has 0 aromatic carbocycles. The Kier molecular flexibility index (Phi) is 19.9. The van der Waals surface area contributed by atoms with Gasteiger partial charge in [-0.1, -0.05) is 162 Å². The second kappa shape index (κ2) is 23.4. The molecule has 0 aliphatic heterocycles. The molecule has 0 unspecified atom stereocenters. The number of hydrogen-bond acceptors (Lipinski definition) is 0. The molecule has 0 nitrogen and oxygen atoms in total. The van der Waals surface area contributed by atoms with Gasteiger partial charge in [0, 0.05) is 0 Å². The van der Waals surface area contributed by atoms with E-state index in [1.54, 1.807) is 0 Å². The van der Waals surface area contributed by atoms with E-state index in [-0.39, 0.29) is 0 Å². The van der Waals surface area contributed by atoms with E-state index in [1.807, 2.05) is 0 Å². The van der Waals surface area contributed by atoms with Crippen LogP contribution in [0.4, 0.5) is 0 Å². The second-order valence-electron chi connectivity index (χ2n) is 26.8. The highest BCUT2D eigenvalue weighted by Crippen LogP contribution is 2.53. The summed E-state index contributed by atoms with van der Waals surface area (Å²) in [6.45, 7) is 39.4. The molecule has 0 heterocycles. The van der Waals surface area contributed by atoms with Crippen LogP contribution in [0.15, 0.2) is 0 Å². The van der Waals surface area contributed by atoms with E-state index in [2.05, 4.69) is 111 Å². The minimum atomic E-state index is 0.912. The van der Waals surface area contributed by atoms with Crippen molar-refractivity contribution in [3.8, 4) is 0 Å². The quantitative estimate of drug-likeness (QED) is 0.265. The van der Waals surface area contributed by atoms with Gasteiger partial charge >= 0.3 is 0 Å². The van der Waals surface area contributed by atoms with Gasteiger partial charge in [-0.25, -0.2) is 0 Å². The molecular formula is C60H112. The highest BCUT2D eigenvalue weighted by atomic mass is 14.5. The maximum atomic E-state index is 2.50. The van der Waals surface area contributed by atoms with E-state index < -0.39 is 0 Å². The lowest BCUT2D eigenvalue weighted by atomic mass is 9.57. The first-order valence-corrected chi connectivity index (χ1v) is 28.4. The average Bonchev–Trinajstić information content (AvgIpc) is 3.18. The van der Waals surface area contributed by atoms with Crippen molar-refractivity contribution in [2.45, 2.75) is 239 Å². The minimum Gasteiger partial charge on any atom is -0.0625 e. The zero-order chi connectivity index (χ0) is 44.0. The molecule has 352 valence electrons. The summed E-state index contributed by atoms with van der Waals surface area (Å²) >= 11 is 0. The molecule has 0 bridgehead atoms. The Morgan fingerprint density at radius 3 is 0.567 bits per heavy atom. The SMILES string of the molecule is CC(C)[C@@H]1CC[C@@H](C)[C@@H]2CC[C@@H](C)C[C@@H]21.CC(C)[C@@H]1CC[C@@H](C)[C@@H]2CC[C@H](C)C[C@@H]21.CC(C)[C@@H]1CC[C@H](C)[C@@H]2CC[C@@H](C)C[C@@H]21.CC(C)[C@@H]1CC[C@H](C)[C@@H]2CC[C@H](C)C[C@@H]21. The van der Waals surface area contributed by atoms with E-state index in [4.69, 9.17) is 0 Å². The Balaban J connectivity index is 0.000000152. The third-order valence-corrected chi connectivity index (χ3v) is 21.2. The van der Waals surface area contributed by atoms with Crippen LogP contribution < -0.4 is 0 Å². The summed E-state index contributed by atoms with van der Waals surface area (Å²) in [5.74, 6) is 24.4. The first-order chi connectivity index (χ1) is 28.4. The molecule has 0 heteroatoms. The number of fused-ring (bicyclic) bond motifs is 4. The molecule has 0 N–H and O–H groups in total. The van der Waals surface area contributed by atoms with Crippen LogP contribution in [-0.2, 0) is 0 Å². The van der Waals surface area contributed by atoms with Gasteiger partial charge in [0.2, 0.25) is 0 Å². The van der Waals surface area contributed by atoms with Crippen molar-refractivity contribution in [1.82, 2.24) is 0 Å². The third-order valence-electron chi connectivity index (χ3n) is 21.2. The Bertz CT molecular complexity index is 992. The molecule has 0 amide bonds. The molecular weight excluding hydrogens is 721 g/mol. The molecule has 0 aromatic rings. The van der Waals surface area contributed by atoms with Gasteiger partial charge in [0.1, 0.15) is 0 Å². The number of rotatable bonds is 4. The summed E-state index contributed by atoms with van der Waals surface area (Å²) in [6.07, 6.45) is 30.2. The lowest BCUT2D eigenvalue weighted by molar-refractivity contribution is 0.0182. The fourth-order valence-electron chi connectivity index (χ4n) is 17.4. The maximum Gasteiger partial charge on any atom is -0.0350 e.